The lowest BCUT2D eigenvalue weighted by Crippen LogP contribution is -2.09. The van der Waals surface area contributed by atoms with Gasteiger partial charge in [0.25, 0.3) is 5.22 Å². The SMILES string of the molecule is CCC(=O)Nc1ccc(C(=O)CSc2nnc(-c3ccccc3)o2)cc1. The molecule has 0 unspecified atom stereocenters. The van der Waals surface area contributed by atoms with Crippen LogP contribution >= 0.6 is 11.8 Å². The number of anilines is 1. The minimum Gasteiger partial charge on any atom is -0.411 e. The van der Waals surface area contributed by atoms with Crippen molar-refractivity contribution in [3.05, 3.63) is 60.2 Å². The van der Waals surface area contributed by atoms with Gasteiger partial charge in [0, 0.05) is 23.2 Å². The lowest BCUT2D eigenvalue weighted by molar-refractivity contribution is -0.115. The zero-order valence-electron chi connectivity index (χ0n) is 14.1. The first-order valence-corrected chi connectivity index (χ1v) is 9.09. The van der Waals surface area contributed by atoms with Crippen LogP contribution in [-0.2, 0) is 4.79 Å². The third-order valence-electron chi connectivity index (χ3n) is 3.57. The number of aromatic nitrogens is 2. The number of ketones is 1. The van der Waals surface area contributed by atoms with Crippen LogP contribution in [0.15, 0.2) is 64.2 Å². The average Bonchev–Trinajstić information content (AvgIpc) is 3.16. The van der Waals surface area contributed by atoms with Crippen molar-refractivity contribution in [1.82, 2.24) is 10.2 Å². The zero-order valence-corrected chi connectivity index (χ0v) is 15.0. The van der Waals surface area contributed by atoms with Crippen LogP contribution in [0, 0.1) is 0 Å². The molecular formula is C19H17N3O3S. The topological polar surface area (TPSA) is 85.1 Å². The van der Waals surface area contributed by atoms with E-state index in [9.17, 15) is 9.59 Å². The van der Waals surface area contributed by atoms with E-state index in [1.54, 1.807) is 31.2 Å². The predicted octanol–water partition coefficient (Wildman–Crippen LogP) is 4.06. The minimum absolute atomic E-state index is 0.0529. The summed E-state index contributed by atoms with van der Waals surface area (Å²) < 4.78 is 5.57. The van der Waals surface area contributed by atoms with Crippen molar-refractivity contribution >= 4 is 29.1 Å². The molecular weight excluding hydrogens is 350 g/mol. The van der Waals surface area contributed by atoms with Gasteiger partial charge >= 0.3 is 0 Å². The van der Waals surface area contributed by atoms with E-state index < -0.39 is 0 Å². The van der Waals surface area contributed by atoms with Gasteiger partial charge in [0.2, 0.25) is 11.8 Å². The molecule has 6 nitrogen and oxygen atoms in total. The molecule has 3 rings (SSSR count). The first kappa shape index (κ1) is 17.9. The molecule has 0 atom stereocenters. The number of hydrogen-bond donors (Lipinski definition) is 1. The Hall–Kier alpha value is -2.93. The summed E-state index contributed by atoms with van der Waals surface area (Å²) in [6, 6.07) is 16.3. The first-order chi connectivity index (χ1) is 12.7. The molecule has 26 heavy (non-hydrogen) atoms. The van der Waals surface area contributed by atoms with Gasteiger partial charge in [0.15, 0.2) is 5.78 Å². The average molecular weight is 367 g/mol. The Morgan fingerprint density at radius 3 is 2.46 bits per heavy atom. The van der Waals surface area contributed by atoms with Crippen LogP contribution < -0.4 is 5.32 Å². The summed E-state index contributed by atoms with van der Waals surface area (Å²) in [5.41, 5.74) is 2.07. The summed E-state index contributed by atoms with van der Waals surface area (Å²) >= 11 is 1.20. The van der Waals surface area contributed by atoms with Gasteiger partial charge in [-0.3, -0.25) is 9.59 Å². The molecule has 3 aromatic rings. The third kappa shape index (κ3) is 4.58. The van der Waals surface area contributed by atoms with Gasteiger partial charge in [0.05, 0.1) is 5.75 Å². The molecule has 0 aliphatic heterocycles. The van der Waals surface area contributed by atoms with E-state index in [0.717, 1.165) is 5.56 Å². The van der Waals surface area contributed by atoms with Gasteiger partial charge in [-0.15, -0.1) is 10.2 Å². The van der Waals surface area contributed by atoms with E-state index in [1.165, 1.54) is 11.8 Å². The fraction of sp³-hybridized carbons (Fsp3) is 0.158. The van der Waals surface area contributed by atoms with Crippen LogP contribution in [-0.4, -0.2) is 27.6 Å². The van der Waals surface area contributed by atoms with Gasteiger partial charge in [-0.05, 0) is 36.4 Å². The van der Waals surface area contributed by atoms with Crippen LogP contribution in [0.2, 0.25) is 0 Å². The van der Waals surface area contributed by atoms with Crippen LogP contribution in [0.1, 0.15) is 23.7 Å². The molecule has 132 valence electrons. The van der Waals surface area contributed by atoms with Crippen molar-refractivity contribution in [2.75, 3.05) is 11.1 Å². The Morgan fingerprint density at radius 2 is 1.77 bits per heavy atom. The fourth-order valence-corrected chi connectivity index (χ4v) is 2.82. The highest BCUT2D eigenvalue weighted by Crippen LogP contribution is 2.23. The predicted molar refractivity (Wildman–Crippen MR) is 100 cm³/mol. The van der Waals surface area contributed by atoms with Crippen molar-refractivity contribution in [1.29, 1.82) is 0 Å². The largest absolute Gasteiger partial charge is 0.411 e. The normalized spacial score (nSPS) is 10.5. The molecule has 1 aromatic heterocycles. The number of nitrogens with zero attached hydrogens (tertiary/aromatic N) is 2. The number of Topliss-reactive ketones (excluding diaryl/α,β-unsaturated/α-hetero) is 1. The lowest BCUT2D eigenvalue weighted by Gasteiger charge is -2.04. The first-order valence-electron chi connectivity index (χ1n) is 8.10. The van der Waals surface area contributed by atoms with Crippen molar-refractivity contribution in [3.63, 3.8) is 0 Å². The summed E-state index contributed by atoms with van der Waals surface area (Å²) in [4.78, 5) is 23.6. The molecule has 1 heterocycles. The Morgan fingerprint density at radius 1 is 1.04 bits per heavy atom. The van der Waals surface area contributed by atoms with E-state index in [-0.39, 0.29) is 17.4 Å². The smallest absolute Gasteiger partial charge is 0.277 e. The monoisotopic (exact) mass is 367 g/mol. The van der Waals surface area contributed by atoms with Gasteiger partial charge in [-0.1, -0.05) is 36.9 Å². The number of benzene rings is 2. The van der Waals surface area contributed by atoms with Crippen molar-refractivity contribution in [2.45, 2.75) is 18.6 Å². The number of amides is 1. The van der Waals surface area contributed by atoms with E-state index in [4.69, 9.17) is 4.42 Å². The zero-order chi connectivity index (χ0) is 18.4. The maximum atomic E-state index is 12.3. The maximum Gasteiger partial charge on any atom is 0.277 e. The second-order valence-corrected chi connectivity index (χ2v) is 6.36. The summed E-state index contributed by atoms with van der Waals surface area (Å²) in [7, 11) is 0. The molecule has 7 heteroatoms. The van der Waals surface area contributed by atoms with Crippen LogP contribution in [0.5, 0.6) is 0 Å². The Labute approximate surface area is 155 Å². The van der Waals surface area contributed by atoms with E-state index >= 15 is 0 Å². The molecule has 0 saturated heterocycles. The lowest BCUT2D eigenvalue weighted by atomic mass is 10.1. The summed E-state index contributed by atoms with van der Waals surface area (Å²) in [6.07, 6.45) is 0.409. The van der Waals surface area contributed by atoms with E-state index in [2.05, 4.69) is 15.5 Å². The maximum absolute atomic E-state index is 12.3. The second kappa shape index (κ2) is 8.44. The number of thioether (sulfide) groups is 1. The number of carbonyl (C=O) groups excluding carboxylic acids is 2. The Kier molecular flexibility index (Phi) is 5.80. The number of rotatable bonds is 7. The van der Waals surface area contributed by atoms with Crippen LogP contribution in [0.3, 0.4) is 0 Å². The molecule has 2 aromatic carbocycles. The molecule has 1 N–H and O–H groups in total. The summed E-state index contributed by atoms with van der Waals surface area (Å²) in [6.45, 7) is 1.78. The van der Waals surface area contributed by atoms with Gasteiger partial charge in [-0.2, -0.15) is 0 Å². The van der Waals surface area contributed by atoms with E-state index in [1.807, 2.05) is 30.3 Å². The highest BCUT2D eigenvalue weighted by molar-refractivity contribution is 7.99. The highest BCUT2D eigenvalue weighted by atomic mass is 32.2. The molecule has 0 spiro atoms. The van der Waals surface area contributed by atoms with E-state index in [0.29, 0.717) is 28.8 Å². The van der Waals surface area contributed by atoms with Crippen molar-refractivity contribution in [3.8, 4) is 11.5 Å². The number of hydrogen-bond acceptors (Lipinski definition) is 6. The molecule has 0 aliphatic carbocycles. The molecule has 0 radical (unpaired) electrons. The highest BCUT2D eigenvalue weighted by Gasteiger charge is 2.12. The molecule has 0 fully saturated rings. The third-order valence-corrected chi connectivity index (χ3v) is 4.38. The van der Waals surface area contributed by atoms with Crippen molar-refractivity contribution in [2.24, 2.45) is 0 Å². The number of nitrogens with one attached hydrogen (secondary N) is 1. The molecule has 1 amide bonds. The summed E-state index contributed by atoms with van der Waals surface area (Å²) in [5.74, 6) is 0.501. The van der Waals surface area contributed by atoms with Gasteiger partial charge in [0.1, 0.15) is 0 Å². The second-order valence-electron chi connectivity index (χ2n) is 5.43. The standard InChI is InChI=1S/C19H17N3O3S/c1-2-17(24)20-15-10-8-13(9-11-15)16(23)12-26-19-22-21-18(25-19)14-6-4-3-5-7-14/h3-11H,2,12H2,1H3,(H,20,24). The molecule has 0 bridgehead atoms. The molecule has 0 aliphatic rings. The minimum atomic E-state index is -0.0646. The Balaban J connectivity index is 1.57. The fourth-order valence-electron chi connectivity index (χ4n) is 2.16. The van der Waals surface area contributed by atoms with Crippen molar-refractivity contribution < 1.29 is 14.0 Å². The van der Waals surface area contributed by atoms with Crippen LogP contribution in [0.25, 0.3) is 11.5 Å². The summed E-state index contributed by atoms with van der Waals surface area (Å²) in [5, 5.41) is 11.1. The van der Waals surface area contributed by atoms with Gasteiger partial charge < -0.3 is 9.73 Å². The number of carbonyl (C=O) groups is 2. The molecule has 0 saturated carbocycles. The van der Waals surface area contributed by atoms with Crippen LogP contribution in [0.4, 0.5) is 5.69 Å². The Bertz CT molecular complexity index is 892. The van der Waals surface area contributed by atoms with Gasteiger partial charge in [-0.25, -0.2) is 0 Å². The quantitative estimate of drug-likeness (QED) is 0.501.